The molecule has 0 bridgehead atoms. The van der Waals surface area contributed by atoms with E-state index in [9.17, 15) is 23.3 Å². The number of sulfonamides is 1. The van der Waals surface area contributed by atoms with Gasteiger partial charge in [0.05, 0.1) is 9.82 Å². The Labute approximate surface area is 337 Å². The number of piperazine rings is 1. The zero-order valence-corrected chi connectivity index (χ0v) is 34.3. The van der Waals surface area contributed by atoms with E-state index in [1.165, 1.54) is 33.0 Å². The number of anilines is 2. The van der Waals surface area contributed by atoms with Crippen LogP contribution >= 0.6 is 23.1 Å². The lowest BCUT2D eigenvalue weighted by molar-refractivity contribution is -0.384. The Morgan fingerprint density at radius 3 is 2.30 bits per heavy atom. The van der Waals surface area contributed by atoms with E-state index in [4.69, 9.17) is 0 Å². The van der Waals surface area contributed by atoms with E-state index in [1.807, 2.05) is 67.9 Å². The smallest absolute Gasteiger partial charge is 0.293 e. The second kappa shape index (κ2) is 18.9. The Morgan fingerprint density at radius 1 is 0.911 bits per heavy atom. The molecule has 14 heteroatoms. The molecule has 2 N–H and O–H groups in total. The van der Waals surface area contributed by atoms with Gasteiger partial charge in [-0.3, -0.25) is 19.8 Å². The van der Waals surface area contributed by atoms with Crippen LogP contribution in [0.3, 0.4) is 0 Å². The normalized spacial score (nSPS) is 14.1. The van der Waals surface area contributed by atoms with Gasteiger partial charge >= 0.3 is 0 Å². The summed E-state index contributed by atoms with van der Waals surface area (Å²) in [5, 5.41) is 15.5. The van der Waals surface area contributed by atoms with E-state index < -0.39 is 20.9 Å². The predicted molar refractivity (Wildman–Crippen MR) is 229 cm³/mol. The number of nitrogens with one attached hydrogen (secondary N) is 2. The van der Waals surface area contributed by atoms with Crippen LogP contribution in [0.25, 0.3) is 10.4 Å². The van der Waals surface area contributed by atoms with Crippen LogP contribution in [-0.4, -0.2) is 87.7 Å². The first kappa shape index (κ1) is 40.9. The number of carbonyl (C=O) groups is 1. The summed E-state index contributed by atoms with van der Waals surface area (Å²) in [4.78, 5) is 34.9. The van der Waals surface area contributed by atoms with Crippen LogP contribution in [0.4, 0.5) is 17.1 Å². The monoisotopic (exact) mass is 812 g/mol. The summed E-state index contributed by atoms with van der Waals surface area (Å²) in [5.74, 6) is -0.0179. The maximum Gasteiger partial charge on any atom is 0.293 e. The van der Waals surface area contributed by atoms with Crippen molar-refractivity contribution in [2.24, 2.45) is 0 Å². The Kier molecular flexibility index (Phi) is 13.8. The third-order valence-corrected chi connectivity index (χ3v) is 13.2. The van der Waals surface area contributed by atoms with Crippen LogP contribution in [-0.2, 0) is 16.6 Å². The molecule has 1 aliphatic rings. The Morgan fingerprint density at radius 2 is 1.62 bits per heavy atom. The topological polar surface area (TPSA) is 128 Å². The van der Waals surface area contributed by atoms with Crippen molar-refractivity contribution in [3.63, 3.8) is 0 Å². The average Bonchev–Trinajstić information content (AvgIpc) is 3.63. The van der Waals surface area contributed by atoms with Crippen LogP contribution in [0.2, 0.25) is 0 Å². The molecule has 0 saturated carbocycles. The largest absolute Gasteiger partial charge is 0.377 e. The van der Waals surface area contributed by atoms with Gasteiger partial charge in [-0.1, -0.05) is 42.5 Å². The Balaban J connectivity index is 1.05. The van der Waals surface area contributed by atoms with Gasteiger partial charge in [0.1, 0.15) is 5.69 Å². The number of nitro groups is 1. The molecular formula is C42H48N6O5S3. The van der Waals surface area contributed by atoms with E-state index in [2.05, 4.69) is 68.1 Å². The van der Waals surface area contributed by atoms with E-state index in [0.29, 0.717) is 0 Å². The van der Waals surface area contributed by atoms with Gasteiger partial charge in [-0.05, 0) is 118 Å². The van der Waals surface area contributed by atoms with E-state index in [1.54, 1.807) is 23.9 Å². The zero-order valence-electron chi connectivity index (χ0n) is 31.9. The molecule has 6 rings (SSSR count). The molecule has 0 spiro atoms. The fourth-order valence-electron chi connectivity index (χ4n) is 6.66. The minimum absolute atomic E-state index is 0.0928. The molecule has 1 saturated heterocycles. The van der Waals surface area contributed by atoms with Crippen molar-refractivity contribution in [2.45, 2.75) is 42.1 Å². The molecular weight excluding hydrogens is 765 g/mol. The highest BCUT2D eigenvalue weighted by atomic mass is 32.2. The van der Waals surface area contributed by atoms with Gasteiger partial charge in [-0.15, -0.1) is 23.1 Å². The summed E-state index contributed by atoms with van der Waals surface area (Å²) in [6, 6.07) is 33.4. The van der Waals surface area contributed by atoms with Gasteiger partial charge in [0.15, 0.2) is 0 Å². The highest BCUT2D eigenvalue weighted by Crippen LogP contribution is 2.32. The van der Waals surface area contributed by atoms with Gasteiger partial charge in [-0.2, -0.15) is 0 Å². The third-order valence-electron chi connectivity index (χ3n) is 9.75. The summed E-state index contributed by atoms with van der Waals surface area (Å²) < 4.78 is 28.8. The van der Waals surface area contributed by atoms with E-state index in [-0.39, 0.29) is 27.9 Å². The number of hydrogen-bond donors (Lipinski definition) is 2. The van der Waals surface area contributed by atoms with Crippen molar-refractivity contribution in [1.82, 2.24) is 14.5 Å². The highest BCUT2D eigenvalue weighted by Gasteiger charge is 2.26. The molecule has 56 heavy (non-hydrogen) atoms. The highest BCUT2D eigenvalue weighted by molar-refractivity contribution is 7.99. The van der Waals surface area contributed by atoms with E-state index in [0.717, 1.165) is 74.5 Å². The van der Waals surface area contributed by atoms with Crippen molar-refractivity contribution in [3.8, 4) is 10.4 Å². The minimum Gasteiger partial charge on any atom is -0.377 e. The lowest BCUT2D eigenvalue weighted by Gasteiger charge is -2.36. The second-order valence-corrected chi connectivity index (χ2v) is 18.3. The standard InChI is InChI=1S/C42H48N6O5S3/c1-31-13-20-41(55-31)38-12-8-7-9-33(38)30-46-24-26-47(27-25-46)35-16-14-32(15-17-35)42(49)44-56(52,53)37-18-19-39(40(29-37)48(50)51)43-34(21-23-45(2)3)22-28-54-36-10-5-4-6-11-36/h4-20,29,34,43H,21-28,30H2,1-3H3,(H,44,49)/t34-/m1/s1. The molecule has 0 aliphatic carbocycles. The summed E-state index contributed by atoms with van der Waals surface area (Å²) >= 11 is 3.52. The van der Waals surface area contributed by atoms with Crippen molar-refractivity contribution in [1.29, 1.82) is 0 Å². The number of nitro benzene ring substituents is 1. The minimum atomic E-state index is -4.41. The first-order chi connectivity index (χ1) is 26.9. The quantitative estimate of drug-likeness (QED) is 0.0542. The van der Waals surface area contributed by atoms with Gasteiger partial charge < -0.3 is 15.1 Å². The third kappa shape index (κ3) is 11.0. The summed E-state index contributed by atoms with van der Waals surface area (Å²) in [6.07, 6.45) is 1.47. The maximum absolute atomic E-state index is 13.4. The molecule has 1 aliphatic heterocycles. The molecule has 1 amide bonds. The molecule has 4 aromatic carbocycles. The number of carbonyl (C=O) groups excluding carboxylic acids is 1. The molecule has 1 aromatic heterocycles. The van der Waals surface area contributed by atoms with Gasteiger partial charge in [-0.25, -0.2) is 13.1 Å². The lowest BCUT2D eigenvalue weighted by atomic mass is 10.1. The zero-order chi connectivity index (χ0) is 39.7. The van der Waals surface area contributed by atoms with Crippen LogP contribution in [0.5, 0.6) is 0 Å². The number of benzene rings is 4. The van der Waals surface area contributed by atoms with Crippen LogP contribution in [0.15, 0.2) is 119 Å². The molecule has 5 aromatic rings. The van der Waals surface area contributed by atoms with Crippen LogP contribution < -0.4 is 14.9 Å². The lowest BCUT2D eigenvalue weighted by Crippen LogP contribution is -2.46. The number of amides is 1. The number of thiophene rings is 1. The molecule has 0 unspecified atom stereocenters. The molecule has 11 nitrogen and oxygen atoms in total. The predicted octanol–water partition coefficient (Wildman–Crippen LogP) is 7.99. The SMILES string of the molecule is Cc1ccc(-c2ccccc2CN2CCN(c3ccc(C(=O)NS(=O)(=O)c4ccc(N[C@@H](CCSc5ccccc5)CCN(C)C)c([N+](=O)[O-])c4)cc3)CC2)s1. The van der Waals surface area contributed by atoms with Gasteiger partial charge in [0.25, 0.3) is 21.6 Å². The van der Waals surface area contributed by atoms with Gasteiger partial charge in [0.2, 0.25) is 0 Å². The average molecular weight is 813 g/mol. The molecule has 1 fully saturated rings. The number of nitrogens with zero attached hydrogens (tertiary/aromatic N) is 4. The first-order valence-electron chi connectivity index (χ1n) is 18.6. The summed E-state index contributed by atoms with van der Waals surface area (Å²) in [5.41, 5.74) is 3.55. The fraction of sp³-hybridized carbons (Fsp3) is 0.310. The maximum atomic E-state index is 13.4. The molecule has 1 atom stereocenters. The number of thioether (sulfide) groups is 1. The van der Waals surface area contributed by atoms with Crippen molar-refractivity contribution in [2.75, 3.05) is 62.8 Å². The summed E-state index contributed by atoms with van der Waals surface area (Å²) in [7, 11) is -0.475. The molecule has 0 radical (unpaired) electrons. The fourth-order valence-corrected chi connectivity index (χ4v) is 9.57. The molecule has 2 heterocycles. The van der Waals surface area contributed by atoms with Crippen molar-refractivity contribution >= 4 is 56.1 Å². The van der Waals surface area contributed by atoms with Crippen molar-refractivity contribution in [3.05, 3.63) is 135 Å². The summed E-state index contributed by atoms with van der Waals surface area (Å²) in [6.45, 7) is 7.14. The number of hydrogen-bond acceptors (Lipinski definition) is 11. The van der Waals surface area contributed by atoms with Crippen molar-refractivity contribution < 1.29 is 18.1 Å². The second-order valence-electron chi connectivity index (χ2n) is 14.1. The number of aryl methyl sites for hydroxylation is 1. The van der Waals surface area contributed by atoms with E-state index >= 15 is 0 Å². The molecule has 294 valence electrons. The van der Waals surface area contributed by atoms with Crippen LogP contribution in [0.1, 0.15) is 33.6 Å². The van der Waals surface area contributed by atoms with Gasteiger partial charge in [0, 0.05) is 70.7 Å². The Hall–Kier alpha value is -4.73. The Bertz CT molecular complexity index is 2210. The number of rotatable bonds is 17. The van der Waals surface area contributed by atoms with Crippen LogP contribution in [0, 0.1) is 17.0 Å². The first-order valence-corrected chi connectivity index (χ1v) is 21.9.